The van der Waals surface area contributed by atoms with Crippen molar-refractivity contribution in [3.63, 3.8) is 0 Å². The molecule has 0 bridgehead atoms. The monoisotopic (exact) mass is 306 g/mol. The van der Waals surface area contributed by atoms with Crippen LogP contribution in [0.25, 0.3) is 5.57 Å². The second kappa shape index (κ2) is 6.88. The van der Waals surface area contributed by atoms with Crippen LogP contribution in [0.5, 0.6) is 0 Å². The molecule has 1 aliphatic rings. The zero-order valence-electron chi connectivity index (χ0n) is 13.7. The molecule has 0 amide bonds. The number of carbonyl (C=O) groups is 1. The normalized spacial score (nSPS) is 14.9. The largest absolute Gasteiger partial charge is 0.312 e. The lowest BCUT2D eigenvalue weighted by Gasteiger charge is -2.19. The van der Waals surface area contributed by atoms with Gasteiger partial charge in [-0.2, -0.15) is 0 Å². The molecule has 2 aromatic rings. The van der Waals surface area contributed by atoms with Crippen molar-refractivity contribution in [1.29, 1.82) is 0 Å². The summed E-state index contributed by atoms with van der Waals surface area (Å²) in [7, 11) is 0. The predicted molar refractivity (Wildman–Crippen MR) is 93.5 cm³/mol. The number of ketones is 1. The van der Waals surface area contributed by atoms with E-state index in [4.69, 9.17) is 0 Å². The molecule has 23 heavy (non-hydrogen) atoms. The zero-order valence-corrected chi connectivity index (χ0v) is 13.7. The van der Waals surface area contributed by atoms with Crippen LogP contribution in [0.15, 0.2) is 48.3 Å². The fraction of sp³-hybridized carbons (Fsp3) is 0.300. The third kappa shape index (κ3) is 3.57. The highest BCUT2D eigenvalue weighted by Gasteiger charge is 2.12. The van der Waals surface area contributed by atoms with E-state index in [0.29, 0.717) is 6.42 Å². The summed E-state index contributed by atoms with van der Waals surface area (Å²) in [5.74, 6) is 0.146. The molecule has 0 aliphatic carbocycles. The molecule has 0 saturated carbocycles. The van der Waals surface area contributed by atoms with Crippen LogP contribution < -0.4 is 5.32 Å². The number of rotatable bonds is 4. The maximum atomic E-state index is 12.4. The van der Waals surface area contributed by atoms with E-state index in [9.17, 15) is 4.79 Å². The number of aromatic nitrogens is 1. The fourth-order valence-electron chi connectivity index (χ4n) is 3.03. The molecule has 3 rings (SSSR count). The minimum atomic E-state index is 0.146. The van der Waals surface area contributed by atoms with Gasteiger partial charge in [-0.15, -0.1) is 0 Å². The summed E-state index contributed by atoms with van der Waals surface area (Å²) in [5, 5.41) is 3.42. The van der Waals surface area contributed by atoms with E-state index in [1.165, 1.54) is 16.7 Å². The van der Waals surface area contributed by atoms with Crippen molar-refractivity contribution in [3.05, 3.63) is 70.6 Å². The van der Waals surface area contributed by atoms with Gasteiger partial charge in [0.2, 0.25) is 0 Å². The lowest BCUT2D eigenvalue weighted by atomic mass is 9.94. The van der Waals surface area contributed by atoms with Crippen LogP contribution in [-0.2, 0) is 6.42 Å². The van der Waals surface area contributed by atoms with Crippen molar-refractivity contribution in [2.45, 2.75) is 26.7 Å². The number of benzene rings is 1. The molecular weight excluding hydrogens is 284 g/mol. The first-order chi connectivity index (χ1) is 11.1. The molecule has 2 heterocycles. The Morgan fingerprint density at radius 3 is 2.65 bits per heavy atom. The molecule has 118 valence electrons. The first-order valence-electron chi connectivity index (χ1n) is 8.07. The molecule has 1 N–H and O–H groups in total. The van der Waals surface area contributed by atoms with Gasteiger partial charge in [0.1, 0.15) is 0 Å². The van der Waals surface area contributed by atoms with Crippen LogP contribution in [0.4, 0.5) is 0 Å². The Morgan fingerprint density at radius 2 is 1.96 bits per heavy atom. The maximum Gasteiger partial charge on any atom is 0.167 e. The average Bonchev–Trinajstić information content (AvgIpc) is 2.56. The van der Waals surface area contributed by atoms with Gasteiger partial charge in [0.05, 0.1) is 0 Å². The van der Waals surface area contributed by atoms with Gasteiger partial charge in [0.15, 0.2) is 5.78 Å². The lowest BCUT2D eigenvalue weighted by Crippen LogP contribution is -2.23. The zero-order chi connectivity index (χ0) is 16.2. The Labute approximate surface area is 137 Å². The highest BCUT2D eigenvalue weighted by molar-refractivity contribution is 5.98. The topological polar surface area (TPSA) is 42.0 Å². The van der Waals surface area contributed by atoms with E-state index < -0.39 is 0 Å². The average molecular weight is 306 g/mol. The summed E-state index contributed by atoms with van der Waals surface area (Å²) < 4.78 is 0. The molecule has 0 radical (unpaired) electrons. The SMILES string of the molecule is CC1=C(c2ccc(CC(=O)c3ccncc3C)cc2)CNCC1. The molecular formula is C20H22N2O. The summed E-state index contributed by atoms with van der Waals surface area (Å²) in [5.41, 5.74) is 6.85. The van der Waals surface area contributed by atoms with Crippen molar-refractivity contribution in [3.8, 4) is 0 Å². The Kier molecular flexibility index (Phi) is 4.68. The van der Waals surface area contributed by atoms with Crippen molar-refractivity contribution < 1.29 is 4.79 Å². The molecule has 3 nitrogen and oxygen atoms in total. The van der Waals surface area contributed by atoms with Gasteiger partial charge in [-0.05, 0) is 55.1 Å². The van der Waals surface area contributed by atoms with Gasteiger partial charge in [0, 0.05) is 30.9 Å². The molecule has 0 atom stereocenters. The Morgan fingerprint density at radius 1 is 1.17 bits per heavy atom. The van der Waals surface area contributed by atoms with Gasteiger partial charge in [-0.1, -0.05) is 29.8 Å². The predicted octanol–water partition coefficient (Wildman–Crippen LogP) is 3.58. The lowest BCUT2D eigenvalue weighted by molar-refractivity contribution is 0.0992. The molecule has 0 spiro atoms. The van der Waals surface area contributed by atoms with Gasteiger partial charge in [-0.3, -0.25) is 9.78 Å². The smallest absolute Gasteiger partial charge is 0.167 e. The standard InChI is InChI=1S/C20H22N2O/c1-14-7-9-22-13-19(14)17-5-3-16(4-6-17)11-20(23)18-8-10-21-12-15(18)2/h3-6,8,10,12,22H,7,9,11,13H2,1-2H3. The van der Waals surface area contributed by atoms with Crippen molar-refractivity contribution >= 4 is 11.4 Å². The van der Waals surface area contributed by atoms with E-state index in [1.807, 2.05) is 6.92 Å². The number of pyridine rings is 1. The van der Waals surface area contributed by atoms with Crippen LogP contribution in [0.3, 0.4) is 0 Å². The Balaban J connectivity index is 1.75. The van der Waals surface area contributed by atoms with E-state index in [0.717, 1.165) is 36.2 Å². The van der Waals surface area contributed by atoms with E-state index in [-0.39, 0.29) is 5.78 Å². The van der Waals surface area contributed by atoms with Gasteiger partial charge < -0.3 is 5.32 Å². The first-order valence-corrected chi connectivity index (χ1v) is 8.07. The van der Waals surface area contributed by atoms with Crippen LogP contribution in [-0.4, -0.2) is 23.9 Å². The summed E-state index contributed by atoms with van der Waals surface area (Å²) in [6.07, 6.45) is 4.95. The van der Waals surface area contributed by atoms with E-state index >= 15 is 0 Å². The van der Waals surface area contributed by atoms with Gasteiger partial charge >= 0.3 is 0 Å². The summed E-state index contributed by atoms with van der Waals surface area (Å²) in [6, 6.07) is 10.2. The Hall–Kier alpha value is -2.26. The van der Waals surface area contributed by atoms with Gasteiger partial charge in [0.25, 0.3) is 0 Å². The molecule has 0 saturated heterocycles. The van der Waals surface area contributed by atoms with Crippen molar-refractivity contribution in [2.75, 3.05) is 13.1 Å². The van der Waals surface area contributed by atoms with E-state index in [1.54, 1.807) is 18.5 Å². The molecule has 1 aliphatic heterocycles. The Bertz CT molecular complexity index is 744. The number of nitrogens with zero attached hydrogens (tertiary/aromatic N) is 1. The summed E-state index contributed by atoms with van der Waals surface area (Å²) in [4.78, 5) is 16.5. The van der Waals surface area contributed by atoms with Crippen molar-refractivity contribution in [1.82, 2.24) is 10.3 Å². The van der Waals surface area contributed by atoms with E-state index in [2.05, 4.69) is 41.5 Å². The number of hydrogen-bond donors (Lipinski definition) is 1. The molecule has 0 fully saturated rings. The third-order valence-electron chi connectivity index (χ3n) is 4.48. The molecule has 1 aromatic heterocycles. The highest BCUT2D eigenvalue weighted by Crippen LogP contribution is 2.23. The van der Waals surface area contributed by atoms with Crippen molar-refractivity contribution in [2.24, 2.45) is 0 Å². The number of nitrogens with one attached hydrogen (secondary N) is 1. The first kappa shape index (κ1) is 15.6. The number of Topliss-reactive ketones (excluding diaryl/α,β-unsaturated/α-hetero) is 1. The molecule has 1 aromatic carbocycles. The number of aryl methyl sites for hydroxylation is 1. The van der Waals surface area contributed by atoms with Crippen LogP contribution in [0.2, 0.25) is 0 Å². The fourth-order valence-corrected chi connectivity index (χ4v) is 3.03. The molecule has 3 heteroatoms. The van der Waals surface area contributed by atoms with Crippen LogP contribution >= 0.6 is 0 Å². The second-order valence-corrected chi connectivity index (χ2v) is 6.17. The summed E-state index contributed by atoms with van der Waals surface area (Å²) >= 11 is 0. The third-order valence-corrected chi connectivity index (χ3v) is 4.48. The molecule has 0 unspecified atom stereocenters. The number of carbonyl (C=O) groups excluding carboxylic acids is 1. The maximum absolute atomic E-state index is 12.4. The van der Waals surface area contributed by atoms with Crippen LogP contribution in [0, 0.1) is 6.92 Å². The van der Waals surface area contributed by atoms with Crippen LogP contribution in [0.1, 0.15) is 40.4 Å². The minimum Gasteiger partial charge on any atom is -0.312 e. The number of hydrogen-bond acceptors (Lipinski definition) is 3. The quantitative estimate of drug-likeness (QED) is 0.878. The van der Waals surface area contributed by atoms with Gasteiger partial charge in [-0.25, -0.2) is 0 Å². The highest BCUT2D eigenvalue weighted by atomic mass is 16.1. The minimum absolute atomic E-state index is 0.146. The second-order valence-electron chi connectivity index (χ2n) is 6.17. The summed E-state index contributed by atoms with van der Waals surface area (Å²) in [6.45, 7) is 6.13.